The third kappa shape index (κ3) is 7.03. The summed E-state index contributed by atoms with van der Waals surface area (Å²) in [6.07, 6.45) is 3.62. The Morgan fingerprint density at radius 2 is 1.90 bits per heavy atom. The largest absolute Gasteiger partial charge is 0.490 e. The van der Waals surface area contributed by atoms with Crippen LogP contribution in [0, 0.1) is 6.92 Å². The molecule has 3 N–H and O–H groups in total. The van der Waals surface area contributed by atoms with E-state index in [-0.39, 0.29) is 0 Å². The second-order valence-electron chi connectivity index (χ2n) is 7.50. The van der Waals surface area contributed by atoms with E-state index in [0.29, 0.717) is 18.3 Å². The van der Waals surface area contributed by atoms with E-state index in [1.54, 1.807) is 0 Å². The van der Waals surface area contributed by atoms with Crippen LogP contribution >= 0.6 is 0 Å². The molecular weight excluding hydrogens is 388 g/mol. The van der Waals surface area contributed by atoms with Gasteiger partial charge in [-0.2, -0.15) is 0 Å². The molecule has 0 aliphatic carbocycles. The van der Waals surface area contributed by atoms with Crippen LogP contribution in [0.1, 0.15) is 30.5 Å². The van der Waals surface area contributed by atoms with Crippen molar-refractivity contribution in [3.05, 3.63) is 34.9 Å². The SMILES string of the molecule is Cc1c2c(cc3c1N(CCOC(C)C)CCO3)CCNCC2.O=C(O)/C=C/C(=O)O. The van der Waals surface area contributed by atoms with E-state index in [1.807, 2.05) is 0 Å². The van der Waals surface area contributed by atoms with Crippen LogP contribution in [0.15, 0.2) is 18.2 Å². The molecule has 0 saturated heterocycles. The second kappa shape index (κ2) is 11.6. The van der Waals surface area contributed by atoms with Gasteiger partial charge in [0.2, 0.25) is 0 Å². The number of benzene rings is 1. The lowest BCUT2D eigenvalue weighted by molar-refractivity contribution is -0.134. The number of carboxylic acids is 2. The highest BCUT2D eigenvalue weighted by Crippen LogP contribution is 2.39. The number of rotatable bonds is 6. The van der Waals surface area contributed by atoms with Crippen molar-refractivity contribution in [3.63, 3.8) is 0 Å². The van der Waals surface area contributed by atoms with E-state index in [4.69, 9.17) is 19.7 Å². The molecule has 0 saturated carbocycles. The van der Waals surface area contributed by atoms with Gasteiger partial charge < -0.3 is 29.9 Å². The van der Waals surface area contributed by atoms with Crippen LogP contribution in [0.25, 0.3) is 0 Å². The fourth-order valence-corrected chi connectivity index (χ4v) is 3.66. The van der Waals surface area contributed by atoms with Crippen molar-refractivity contribution < 1.29 is 29.3 Å². The normalized spacial score (nSPS) is 15.5. The molecule has 1 aromatic rings. The van der Waals surface area contributed by atoms with Crippen LogP contribution in [0.3, 0.4) is 0 Å². The summed E-state index contributed by atoms with van der Waals surface area (Å²) in [5, 5.41) is 19.1. The maximum absolute atomic E-state index is 9.55. The van der Waals surface area contributed by atoms with Gasteiger partial charge in [0.15, 0.2) is 0 Å². The number of carbonyl (C=O) groups is 2. The summed E-state index contributed by atoms with van der Waals surface area (Å²) < 4.78 is 11.7. The lowest BCUT2D eigenvalue weighted by Crippen LogP contribution is -2.36. The van der Waals surface area contributed by atoms with Crippen LogP contribution < -0.4 is 15.0 Å². The van der Waals surface area contributed by atoms with Crippen molar-refractivity contribution in [1.82, 2.24) is 5.32 Å². The quantitative estimate of drug-likeness (QED) is 0.600. The average Bonchev–Trinajstić information content (AvgIpc) is 2.92. The molecule has 2 heterocycles. The molecule has 30 heavy (non-hydrogen) atoms. The first-order valence-corrected chi connectivity index (χ1v) is 10.3. The molecular formula is C22H32N2O6. The predicted octanol–water partition coefficient (Wildman–Crippen LogP) is 2.02. The Kier molecular flexibility index (Phi) is 9.14. The van der Waals surface area contributed by atoms with Crippen molar-refractivity contribution in [1.29, 1.82) is 0 Å². The molecule has 0 amide bonds. The number of hydrogen-bond donors (Lipinski definition) is 3. The van der Waals surface area contributed by atoms with E-state index in [9.17, 15) is 9.59 Å². The Hall–Kier alpha value is -2.58. The summed E-state index contributed by atoms with van der Waals surface area (Å²) in [6.45, 7) is 12.0. The summed E-state index contributed by atoms with van der Waals surface area (Å²) in [7, 11) is 0. The number of nitrogens with one attached hydrogen (secondary N) is 1. The summed E-state index contributed by atoms with van der Waals surface area (Å²) in [5.41, 5.74) is 5.67. The standard InChI is InChI=1S/C18H28N2O2.C4H4O4/c1-13(2)21-10-8-20-9-11-22-17-12-15-4-6-19-7-5-16(15)14(3)18(17)20;5-3(6)1-2-4(7)8/h12-13,19H,4-11H2,1-3H3;1-2H,(H,5,6)(H,7,8)/b;2-1+. The molecule has 8 heteroatoms. The first kappa shape index (κ1) is 23.7. The monoisotopic (exact) mass is 420 g/mol. The Labute approximate surface area is 177 Å². The van der Waals surface area contributed by atoms with Crippen molar-refractivity contribution in [2.24, 2.45) is 0 Å². The number of carboxylic acid groups (broad SMARTS) is 2. The van der Waals surface area contributed by atoms with Crippen molar-refractivity contribution in [2.45, 2.75) is 39.7 Å². The van der Waals surface area contributed by atoms with Gasteiger partial charge in [0.1, 0.15) is 12.4 Å². The smallest absolute Gasteiger partial charge is 0.328 e. The molecule has 0 radical (unpaired) electrons. The Morgan fingerprint density at radius 3 is 2.53 bits per heavy atom. The lowest BCUT2D eigenvalue weighted by Gasteiger charge is -2.34. The molecule has 0 spiro atoms. The van der Waals surface area contributed by atoms with Crippen LogP contribution in [0.5, 0.6) is 5.75 Å². The van der Waals surface area contributed by atoms with E-state index in [1.165, 1.54) is 22.4 Å². The maximum atomic E-state index is 9.55. The number of hydrogen-bond acceptors (Lipinski definition) is 6. The van der Waals surface area contributed by atoms with E-state index >= 15 is 0 Å². The summed E-state index contributed by atoms with van der Waals surface area (Å²) in [6, 6.07) is 2.28. The zero-order valence-corrected chi connectivity index (χ0v) is 17.9. The third-order valence-corrected chi connectivity index (χ3v) is 4.97. The fraction of sp³-hybridized carbons (Fsp3) is 0.545. The number of ether oxygens (including phenoxy) is 2. The minimum atomic E-state index is -1.26. The molecule has 3 rings (SSSR count). The molecule has 0 bridgehead atoms. The predicted molar refractivity (Wildman–Crippen MR) is 115 cm³/mol. The number of fused-ring (bicyclic) bond motifs is 2. The minimum Gasteiger partial charge on any atom is -0.490 e. The first-order chi connectivity index (χ1) is 14.3. The highest BCUT2D eigenvalue weighted by atomic mass is 16.5. The minimum absolute atomic E-state index is 0.291. The third-order valence-electron chi connectivity index (χ3n) is 4.97. The molecule has 0 unspecified atom stereocenters. The zero-order valence-electron chi connectivity index (χ0n) is 17.9. The van der Waals surface area contributed by atoms with Crippen LogP contribution in [-0.4, -0.2) is 67.6 Å². The van der Waals surface area contributed by atoms with Gasteiger partial charge in [-0.25, -0.2) is 9.59 Å². The molecule has 8 nitrogen and oxygen atoms in total. The van der Waals surface area contributed by atoms with Gasteiger partial charge in [0, 0.05) is 18.7 Å². The Balaban J connectivity index is 0.000000343. The number of nitrogens with zero attached hydrogens (tertiary/aromatic N) is 1. The molecule has 166 valence electrons. The molecule has 2 aliphatic heterocycles. The topological polar surface area (TPSA) is 108 Å². The number of anilines is 1. The highest BCUT2D eigenvalue weighted by molar-refractivity contribution is 5.89. The van der Waals surface area contributed by atoms with Crippen LogP contribution in [0.2, 0.25) is 0 Å². The first-order valence-electron chi connectivity index (χ1n) is 10.3. The lowest BCUT2D eigenvalue weighted by atomic mass is 9.94. The van der Waals surface area contributed by atoms with Crippen LogP contribution in [0.4, 0.5) is 5.69 Å². The van der Waals surface area contributed by atoms with Gasteiger partial charge in [-0.15, -0.1) is 0 Å². The van der Waals surface area contributed by atoms with Gasteiger partial charge in [-0.3, -0.25) is 0 Å². The summed E-state index contributed by atoms with van der Waals surface area (Å²) >= 11 is 0. The number of aliphatic carboxylic acids is 2. The molecule has 1 aromatic carbocycles. The Morgan fingerprint density at radius 1 is 1.23 bits per heavy atom. The van der Waals surface area contributed by atoms with Crippen molar-refractivity contribution >= 4 is 17.6 Å². The maximum Gasteiger partial charge on any atom is 0.328 e. The summed E-state index contributed by atoms with van der Waals surface area (Å²) in [4.78, 5) is 21.5. The molecule has 0 fully saturated rings. The van der Waals surface area contributed by atoms with E-state index < -0.39 is 11.9 Å². The second-order valence-corrected chi connectivity index (χ2v) is 7.50. The molecule has 2 aliphatic rings. The summed E-state index contributed by atoms with van der Waals surface area (Å²) in [5.74, 6) is -1.45. The van der Waals surface area contributed by atoms with Gasteiger partial charge in [0.25, 0.3) is 0 Å². The van der Waals surface area contributed by atoms with Crippen molar-refractivity contribution in [2.75, 3.05) is 44.3 Å². The van der Waals surface area contributed by atoms with E-state index in [2.05, 4.69) is 37.1 Å². The average molecular weight is 421 g/mol. The fourth-order valence-electron chi connectivity index (χ4n) is 3.66. The van der Waals surface area contributed by atoms with E-state index in [0.717, 1.165) is 58.0 Å². The van der Waals surface area contributed by atoms with Gasteiger partial charge in [-0.05, 0) is 69.5 Å². The van der Waals surface area contributed by atoms with Crippen LogP contribution in [-0.2, 0) is 27.2 Å². The van der Waals surface area contributed by atoms with Gasteiger partial charge >= 0.3 is 11.9 Å². The highest BCUT2D eigenvalue weighted by Gasteiger charge is 2.24. The molecule has 0 aromatic heterocycles. The zero-order chi connectivity index (χ0) is 22.1. The van der Waals surface area contributed by atoms with Gasteiger partial charge in [-0.1, -0.05) is 0 Å². The van der Waals surface area contributed by atoms with Crippen molar-refractivity contribution in [3.8, 4) is 5.75 Å². The Bertz CT molecular complexity index is 759. The molecule has 0 atom stereocenters. The van der Waals surface area contributed by atoms with Gasteiger partial charge in [0.05, 0.1) is 24.9 Å².